The van der Waals surface area contributed by atoms with Gasteiger partial charge in [-0.05, 0) is 31.9 Å². The molecule has 7 heteroatoms. The molecule has 0 spiro atoms. The first-order valence-electron chi connectivity index (χ1n) is 8.75. The van der Waals surface area contributed by atoms with Crippen molar-refractivity contribution in [1.29, 1.82) is 0 Å². The van der Waals surface area contributed by atoms with Crippen LogP contribution in [0.1, 0.15) is 26.5 Å². The number of rotatable bonds is 5. The summed E-state index contributed by atoms with van der Waals surface area (Å²) in [6.07, 6.45) is 0. The van der Waals surface area contributed by atoms with E-state index in [1.54, 1.807) is 0 Å². The van der Waals surface area contributed by atoms with Gasteiger partial charge in [-0.25, -0.2) is 4.98 Å². The fraction of sp³-hybridized carbons (Fsp3) is 0.667. The second-order valence-electron chi connectivity index (χ2n) is 7.08. The van der Waals surface area contributed by atoms with E-state index in [2.05, 4.69) is 46.3 Å². The van der Waals surface area contributed by atoms with Crippen molar-refractivity contribution in [2.24, 2.45) is 10.9 Å². The van der Waals surface area contributed by atoms with Crippen molar-refractivity contribution in [1.82, 2.24) is 20.5 Å². The molecule has 0 amide bonds. The molecule has 2 rings (SSSR count). The summed E-state index contributed by atoms with van der Waals surface area (Å²) in [4.78, 5) is 13.5. The summed E-state index contributed by atoms with van der Waals surface area (Å²) in [5.74, 6) is 2.42. The molecule has 2 heterocycles. The Balaban J connectivity index is 0.00000312. The third-order valence-corrected chi connectivity index (χ3v) is 4.60. The van der Waals surface area contributed by atoms with Gasteiger partial charge in [-0.15, -0.1) is 24.0 Å². The number of aromatic nitrogens is 1. The summed E-state index contributed by atoms with van der Waals surface area (Å²) in [7, 11) is 5.82. The summed E-state index contributed by atoms with van der Waals surface area (Å²) in [6, 6.07) is 7.10. The number of nitrogens with one attached hydrogen (secondary N) is 2. The number of likely N-dealkylation sites (tertiary alicyclic amines) is 1. The molecule has 6 nitrogen and oxygen atoms in total. The second kappa shape index (κ2) is 10.2. The van der Waals surface area contributed by atoms with Crippen LogP contribution >= 0.6 is 24.0 Å². The molecule has 0 radical (unpaired) electrons. The van der Waals surface area contributed by atoms with Crippen LogP contribution in [-0.2, 0) is 6.54 Å². The molecule has 2 unspecified atom stereocenters. The number of anilines is 1. The van der Waals surface area contributed by atoms with Crippen LogP contribution in [0.25, 0.3) is 0 Å². The fourth-order valence-corrected chi connectivity index (χ4v) is 2.97. The predicted molar refractivity (Wildman–Crippen MR) is 117 cm³/mol. The number of hydrogen-bond donors (Lipinski definition) is 2. The topological polar surface area (TPSA) is 55.8 Å². The van der Waals surface area contributed by atoms with Gasteiger partial charge in [0.05, 0.1) is 12.2 Å². The standard InChI is InChI=1S/C18H32N6.HI/c1-13(2)24-11-14(3)16(12-24)22-18(19-4)20-10-15-8-7-9-17(21-15)23(5)6;/h7-9,13-14,16H,10-12H2,1-6H3,(H2,19,20,22);1H. The molecular weight excluding hydrogens is 427 g/mol. The third kappa shape index (κ3) is 6.29. The largest absolute Gasteiger partial charge is 0.363 e. The van der Waals surface area contributed by atoms with Gasteiger partial charge in [-0.3, -0.25) is 9.89 Å². The molecule has 0 aromatic carbocycles. The predicted octanol–water partition coefficient (Wildman–Crippen LogP) is 2.16. The molecule has 0 bridgehead atoms. The van der Waals surface area contributed by atoms with Crippen LogP contribution in [0, 0.1) is 5.92 Å². The average Bonchev–Trinajstić information content (AvgIpc) is 2.92. The number of hydrogen-bond acceptors (Lipinski definition) is 4. The Labute approximate surface area is 169 Å². The van der Waals surface area contributed by atoms with Gasteiger partial charge in [0.15, 0.2) is 5.96 Å². The quantitative estimate of drug-likeness (QED) is 0.401. The molecule has 0 saturated carbocycles. The zero-order valence-corrected chi connectivity index (χ0v) is 18.6. The van der Waals surface area contributed by atoms with Gasteiger partial charge >= 0.3 is 0 Å². The van der Waals surface area contributed by atoms with Crippen LogP contribution in [-0.4, -0.2) is 62.2 Å². The SMILES string of the molecule is CN=C(NCc1cccc(N(C)C)n1)NC1CN(C(C)C)CC1C.I. The smallest absolute Gasteiger partial charge is 0.191 e. The van der Waals surface area contributed by atoms with Gasteiger partial charge in [-0.2, -0.15) is 0 Å². The van der Waals surface area contributed by atoms with E-state index in [0.29, 0.717) is 24.5 Å². The Kier molecular flexibility index (Phi) is 8.92. The summed E-state index contributed by atoms with van der Waals surface area (Å²) < 4.78 is 0. The minimum Gasteiger partial charge on any atom is -0.363 e. The molecule has 1 saturated heterocycles. The number of aliphatic imine (C=N–C) groups is 1. The number of pyridine rings is 1. The summed E-state index contributed by atoms with van der Waals surface area (Å²) in [6.45, 7) is 9.68. The minimum absolute atomic E-state index is 0. The van der Waals surface area contributed by atoms with Crippen LogP contribution in [0.2, 0.25) is 0 Å². The third-order valence-electron chi connectivity index (χ3n) is 4.60. The summed E-state index contributed by atoms with van der Waals surface area (Å²) >= 11 is 0. The molecule has 1 fully saturated rings. The highest BCUT2D eigenvalue weighted by molar-refractivity contribution is 14.0. The van der Waals surface area contributed by atoms with Crippen LogP contribution in [0.3, 0.4) is 0 Å². The van der Waals surface area contributed by atoms with Gasteiger partial charge in [0.25, 0.3) is 0 Å². The highest BCUT2D eigenvalue weighted by atomic mass is 127. The maximum absolute atomic E-state index is 4.63. The van der Waals surface area contributed by atoms with E-state index in [-0.39, 0.29) is 24.0 Å². The molecule has 2 atom stereocenters. The number of halogens is 1. The molecule has 1 aliphatic rings. The average molecular weight is 460 g/mol. The molecule has 1 aromatic heterocycles. The van der Waals surface area contributed by atoms with E-state index in [9.17, 15) is 0 Å². The van der Waals surface area contributed by atoms with Crippen molar-refractivity contribution in [3.8, 4) is 0 Å². The molecule has 0 aliphatic carbocycles. The van der Waals surface area contributed by atoms with Crippen LogP contribution in [0.4, 0.5) is 5.82 Å². The van der Waals surface area contributed by atoms with Gasteiger partial charge in [-0.1, -0.05) is 13.0 Å². The van der Waals surface area contributed by atoms with Gasteiger partial charge in [0.2, 0.25) is 0 Å². The minimum atomic E-state index is 0. The normalized spacial score (nSPS) is 21.2. The van der Waals surface area contributed by atoms with Crippen molar-refractivity contribution in [3.05, 3.63) is 23.9 Å². The lowest BCUT2D eigenvalue weighted by Gasteiger charge is -2.22. The van der Waals surface area contributed by atoms with Gasteiger partial charge in [0, 0.05) is 46.3 Å². The monoisotopic (exact) mass is 460 g/mol. The first kappa shape index (κ1) is 22.0. The molecule has 25 heavy (non-hydrogen) atoms. The Morgan fingerprint density at radius 1 is 1.36 bits per heavy atom. The van der Waals surface area contributed by atoms with Gasteiger partial charge in [0.1, 0.15) is 5.82 Å². The van der Waals surface area contributed by atoms with E-state index < -0.39 is 0 Å². The summed E-state index contributed by atoms with van der Waals surface area (Å²) in [5, 5.41) is 6.95. The maximum Gasteiger partial charge on any atom is 0.191 e. The van der Waals surface area contributed by atoms with Crippen molar-refractivity contribution in [3.63, 3.8) is 0 Å². The Morgan fingerprint density at radius 3 is 2.64 bits per heavy atom. The maximum atomic E-state index is 4.63. The number of nitrogens with zero attached hydrogens (tertiary/aromatic N) is 4. The summed E-state index contributed by atoms with van der Waals surface area (Å²) in [5.41, 5.74) is 1.01. The lowest BCUT2D eigenvalue weighted by atomic mass is 10.1. The first-order chi connectivity index (χ1) is 11.4. The van der Waals surface area contributed by atoms with Crippen LogP contribution in [0.5, 0.6) is 0 Å². The molecule has 142 valence electrons. The van der Waals surface area contributed by atoms with E-state index >= 15 is 0 Å². The zero-order valence-electron chi connectivity index (χ0n) is 16.3. The van der Waals surface area contributed by atoms with Crippen molar-refractivity contribution >= 4 is 35.8 Å². The Morgan fingerprint density at radius 2 is 2.08 bits per heavy atom. The first-order valence-corrected chi connectivity index (χ1v) is 8.75. The second-order valence-corrected chi connectivity index (χ2v) is 7.08. The molecule has 2 N–H and O–H groups in total. The van der Waals surface area contributed by atoms with Crippen LogP contribution in [0.15, 0.2) is 23.2 Å². The van der Waals surface area contributed by atoms with Crippen molar-refractivity contribution < 1.29 is 0 Å². The zero-order chi connectivity index (χ0) is 17.7. The van der Waals surface area contributed by atoms with Crippen molar-refractivity contribution in [2.45, 2.75) is 39.4 Å². The molecular formula is C18H33IN6. The van der Waals surface area contributed by atoms with E-state index in [1.807, 2.05) is 44.2 Å². The fourth-order valence-electron chi connectivity index (χ4n) is 2.97. The van der Waals surface area contributed by atoms with E-state index in [0.717, 1.165) is 30.6 Å². The lowest BCUT2D eigenvalue weighted by molar-refractivity contribution is 0.265. The van der Waals surface area contributed by atoms with E-state index in [4.69, 9.17) is 0 Å². The Hall–Kier alpha value is -1.09. The lowest BCUT2D eigenvalue weighted by Crippen LogP contribution is -2.46. The highest BCUT2D eigenvalue weighted by Crippen LogP contribution is 2.18. The highest BCUT2D eigenvalue weighted by Gasteiger charge is 2.31. The molecule has 1 aliphatic heterocycles. The van der Waals surface area contributed by atoms with Gasteiger partial charge < -0.3 is 15.5 Å². The molecule has 1 aromatic rings. The van der Waals surface area contributed by atoms with E-state index in [1.165, 1.54) is 0 Å². The van der Waals surface area contributed by atoms with Crippen molar-refractivity contribution in [2.75, 3.05) is 39.1 Å². The Bertz CT molecular complexity index is 560. The van der Waals surface area contributed by atoms with Crippen LogP contribution < -0.4 is 15.5 Å². The number of guanidine groups is 1.